The smallest absolute Gasteiger partial charge is 0.376 e. The van der Waals surface area contributed by atoms with Crippen molar-refractivity contribution >= 4 is 17.8 Å². The molecular weight excluding hydrogens is 192 g/mol. The van der Waals surface area contributed by atoms with Crippen LogP contribution in [0, 0.1) is 0 Å². The molecule has 0 aliphatic rings. The Morgan fingerprint density at radius 2 is 1.87 bits per heavy atom. The molecule has 3 nitrogen and oxygen atoms in total. The van der Waals surface area contributed by atoms with Crippen LogP contribution < -0.4 is 0 Å². The zero-order valence-corrected chi connectivity index (χ0v) is 8.43. The maximum Gasteiger partial charge on any atom is 0.376 e. The van der Waals surface area contributed by atoms with Crippen molar-refractivity contribution < 1.29 is 14.7 Å². The summed E-state index contributed by atoms with van der Waals surface area (Å²) in [6, 6.07) is 9.19. The van der Waals surface area contributed by atoms with E-state index < -0.39 is 11.8 Å². The third-order valence-corrected chi connectivity index (χ3v) is 2.01. The quantitative estimate of drug-likeness (QED) is 0.603. The summed E-state index contributed by atoms with van der Waals surface area (Å²) in [4.78, 5) is 21.7. The molecule has 3 heteroatoms. The van der Waals surface area contributed by atoms with Crippen LogP contribution in [0.2, 0.25) is 0 Å². The van der Waals surface area contributed by atoms with Crippen molar-refractivity contribution in [1.82, 2.24) is 0 Å². The summed E-state index contributed by atoms with van der Waals surface area (Å²) in [5.74, 6) is -2.24. The fraction of sp³-hybridized carbons (Fsp3) is 0.167. The summed E-state index contributed by atoms with van der Waals surface area (Å²) in [6.07, 6.45) is 2.02. The topological polar surface area (TPSA) is 54.4 Å². The van der Waals surface area contributed by atoms with E-state index >= 15 is 0 Å². The third-order valence-electron chi connectivity index (χ3n) is 2.01. The summed E-state index contributed by atoms with van der Waals surface area (Å²) >= 11 is 0. The first-order chi connectivity index (χ1) is 7.15. The minimum atomic E-state index is -1.40. The number of hydrogen-bond acceptors (Lipinski definition) is 2. The van der Waals surface area contributed by atoms with Gasteiger partial charge in [-0.1, -0.05) is 37.3 Å². The zero-order valence-electron chi connectivity index (χ0n) is 8.43. The molecule has 0 unspecified atom stereocenters. The van der Waals surface area contributed by atoms with Gasteiger partial charge in [0, 0.05) is 5.57 Å². The Labute approximate surface area is 88.0 Å². The van der Waals surface area contributed by atoms with Crippen LogP contribution in [0.25, 0.3) is 6.08 Å². The first kappa shape index (κ1) is 11.2. The van der Waals surface area contributed by atoms with E-state index in [-0.39, 0.29) is 0 Å². The Balaban J connectivity index is 2.98. The van der Waals surface area contributed by atoms with Crippen molar-refractivity contribution in [2.75, 3.05) is 0 Å². The van der Waals surface area contributed by atoms with Crippen LogP contribution in [0.15, 0.2) is 35.9 Å². The van der Waals surface area contributed by atoms with Crippen LogP contribution >= 0.6 is 0 Å². The van der Waals surface area contributed by atoms with Gasteiger partial charge in [0.1, 0.15) is 0 Å². The van der Waals surface area contributed by atoms with Gasteiger partial charge in [-0.15, -0.1) is 0 Å². The summed E-state index contributed by atoms with van der Waals surface area (Å²) < 4.78 is 0. The second-order valence-electron chi connectivity index (χ2n) is 3.07. The molecule has 1 aromatic carbocycles. The van der Waals surface area contributed by atoms with Gasteiger partial charge in [-0.2, -0.15) is 0 Å². The van der Waals surface area contributed by atoms with Crippen LogP contribution in [0.4, 0.5) is 0 Å². The predicted octanol–water partition coefficient (Wildman–Crippen LogP) is 2.13. The van der Waals surface area contributed by atoms with E-state index in [9.17, 15) is 9.59 Å². The number of carbonyl (C=O) groups is 2. The molecule has 15 heavy (non-hydrogen) atoms. The number of carbonyl (C=O) groups excluding carboxylic acids is 1. The van der Waals surface area contributed by atoms with Crippen LogP contribution in [0.3, 0.4) is 0 Å². The molecule has 0 fully saturated rings. The molecule has 0 bridgehead atoms. The number of rotatable bonds is 4. The van der Waals surface area contributed by atoms with Crippen molar-refractivity contribution in [1.29, 1.82) is 0 Å². The molecule has 0 saturated heterocycles. The predicted molar refractivity (Wildman–Crippen MR) is 57.4 cm³/mol. The van der Waals surface area contributed by atoms with Gasteiger partial charge in [-0.25, -0.2) is 4.79 Å². The van der Waals surface area contributed by atoms with Crippen molar-refractivity contribution in [3.05, 3.63) is 41.5 Å². The van der Waals surface area contributed by atoms with Gasteiger partial charge in [0.15, 0.2) is 0 Å². The van der Waals surface area contributed by atoms with Crippen LogP contribution in [-0.4, -0.2) is 16.9 Å². The molecule has 0 saturated carbocycles. The third kappa shape index (κ3) is 3.06. The highest BCUT2D eigenvalue weighted by molar-refractivity contribution is 6.40. The summed E-state index contributed by atoms with van der Waals surface area (Å²) in [6.45, 7) is 1.76. The van der Waals surface area contributed by atoms with Crippen molar-refractivity contribution in [3.8, 4) is 0 Å². The molecule has 0 spiro atoms. The molecule has 1 rings (SSSR count). The number of benzene rings is 1. The average Bonchev–Trinajstić information content (AvgIpc) is 2.26. The summed E-state index contributed by atoms with van der Waals surface area (Å²) in [5, 5.41) is 8.57. The second kappa shape index (κ2) is 5.10. The highest BCUT2D eigenvalue weighted by Gasteiger charge is 2.15. The van der Waals surface area contributed by atoms with Crippen molar-refractivity contribution in [2.45, 2.75) is 13.3 Å². The van der Waals surface area contributed by atoms with E-state index in [2.05, 4.69) is 0 Å². The lowest BCUT2D eigenvalue weighted by atomic mass is 10.0. The normalized spacial score (nSPS) is 11.1. The van der Waals surface area contributed by atoms with Gasteiger partial charge in [0.05, 0.1) is 0 Å². The summed E-state index contributed by atoms with van der Waals surface area (Å²) in [7, 11) is 0. The Kier molecular flexibility index (Phi) is 3.80. The Bertz CT molecular complexity index is 391. The highest BCUT2D eigenvalue weighted by Crippen LogP contribution is 2.10. The van der Waals surface area contributed by atoms with E-state index in [0.29, 0.717) is 12.0 Å². The lowest BCUT2D eigenvalue weighted by Gasteiger charge is -1.99. The molecule has 0 radical (unpaired) electrons. The molecule has 0 heterocycles. The standard InChI is InChI=1S/C12H12O3/c1-2-10(11(13)12(14)15)8-9-6-4-3-5-7-9/h3-8H,2H2,1H3,(H,14,15). The molecule has 1 aromatic rings. The van der Waals surface area contributed by atoms with E-state index in [1.165, 1.54) is 0 Å². The van der Waals surface area contributed by atoms with E-state index in [4.69, 9.17) is 5.11 Å². The van der Waals surface area contributed by atoms with Crippen LogP contribution in [0.5, 0.6) is 0 Å². The number of ketones is 1. The van der Waals surface area contributed by atoms with Gasteiger partial charge in [0.2, 0.25) is 0 Å². The maximum atomic E-state index is 11.2. The molecule has 1 N–H and O–H groups in total. The number of aliphatic carboxylic acids is 1. The molecule has 0 amide bonds. The minimum absolute atomic E-state index is 0.314. The fourth-order valence-electron chi connectivity index (χ4n) is 1.22. The zero-order chi connectivity index (χ0) is 11.3. The van der Waals surface area contributed by atoms with Gasteiger partial charge >= 0.3 is 5.97 Å². The van der Waals surface area contributed by atoms with Crippen LogP contribution in [0.1, 0.15) is 18.9 Å². The number of hydrogen-bond donors (Lipinski definition) is 1. The van der Waals surface area contributed by atoms with E-state index in [1.807, 2.05) is 30.3 Å². The highest BCUT2D eigenvalue weighted by atomic mass is 16.4. The van der Waals surface area contributed by atoms with Crippen molar-refractivity contribution in [3.63, 3.8) is 0 Å². The lowest BCUT2D eigenvalue weighted by Crippen LogP contribution is -2.14. The first-order valence-corrected chi connectivity index (χ1v) is 4.68. The van der Waals surface area contributed by atoms with Gasteiger partial charge in [0.25, 0.3) is 5.78 Å². The fourth-order valence-corrected chi connectivity index (χ4v) is 1.22. The van der Waals surface area contributed by atoms with Gasteiger partial charge < -0.3 is 5.11 Å². The molecule has 78 valence electrons. The molecule has 0 aliphatic carbocycles. The van der Waals surface area contributed by atoms with Gasteiger partial charge in [-0.3, -0.25) is 4.79 Å². The second-order valence-corrected chi connectivity index (χ2v) is 3.07. The van der Waals surface area contributed by atoms with E-state index in [1.54, 1.807) is 13.0 Å². The number of Topliss-reactive ketones (excluding diaryl/α,β-unsaturated/α-hetero) is 1. The first-order valence-electron chi connectivity index (χ1n) is 4.68. The summed E-state index contributed by atoms with van der Waals surface area (Å²) in [5.41, 5.74) is 1.15. The number of carboxylic acids is 1. The van der Waals surface area contributed by atoms with Crippen LogP contribution in [-0.2, 0) is 9.59 Å². The lowest BCUT2D eigenvalue weighted by molar-refractivity contribution is -0.147. The Morgan fingerprint density at radius 1 is 1.27 bits per heavy atom. The SMILES string of the molecule is CCC(=Cc1ccccc1)C(=O)C(=O)O. The van der Waals surface area contributed by atoms with Gasteiger partial charge in [-0.05, 0) is 18.1 Å². The molecular formula is C12H12O3. The largest absolute Gasteiger partial charge is 0.475 e. The minimum Gasteiger partial charge on any atom is -0.475 e. The maximum absolute atomic E-state index is 11.2. The Hall–Kier alpha value is -1.90. The Morgan fingerprint density at radius 3 is 2.33 bits per heavy atom. The molecule has 0 aliphatic heterocycles. The number of carboxylic acid groups (broad SMARTS) is 1. The monoisotopic (exact) mass is 204 g/mol. The molecule has 0 aromatic heterocycles. The molecule has 0 atom stereocenters. The average molecular weight is 204 g/mol. The van der Waals surface area contributed by atoms with E-state index in [0.717, 1.165) is 5.56 Å². The van der Waals surface area contributed by atoms with Crippen molar-refractivity contribution in [2.24, 2.45) is 0 Å².